The van der Waals surface area contributed by atoms with Crippen molar-refractivity contribution < 1.29 is 13.2 Å². The van der Waals surface area contributed by atoms with Crippen molar-refractivity contribution >= 4 is 15.7 Å². The van der Waals surface area contributed by atoms with Gasteiger partial charge in [0, 0.05) is 11.8 Å². The van der Waals surface area contributed by atoms with E-state index in [1.54, 1.807) is 54.6 Å². The molecule has 2 aromatic rings. The van der Waals surface area contributed by atoms with E-state index in [0.717, 1.165) is 5.56 Å². The van der Waals surface area contributed by atoms with Gasteiger partial charge in [0.25, 0.3) is 5.91 Å². The predicted molar refractivity (Wildman–Crippen MR) is 86.0 cm³/mol. The lowest BCUT2D eigenvalue weighted by atomic mass is 10.2. The topological polar surface area (TPSA) is 63.2 Å². The van der Waals surface area contributed by atoms with Crippen LogP contribution in [0.15, 0.2) is 70.6 Å². The highest BCUT2D eigenvalue weighted by Gasteiger charge is 2.17. The Morgan fingerprint density at radius 2 is 1.59 bits per heavy atom. The minimum absolute atomic E-state index is 0.0839. The van der Waals surface area contributed by atoms with E-state index >= 15 is 0 Å². The summed E-state index contributed by atoms with van der Waals surface area (Å²) in [6, 6.07) is 15.2. The van der Waals surface area contributed by atoms with Crippen LogP contribution in [0.4, 0.5) is 0 Å². The lowest BCUT2D eigenvalue weighted by molar-refractivity contribution is 0.0970. The van der Waals surface area contributed by atoms with Crippen molar-refractivity contribution in [3.05, 3.63) is 76.8 Å². The van der Waals surface area contributed by atoms with Crippen molar-refractivity contribution in [2.45, 2.75) is 18.7 Å². The first-order valence-corrected chi connectivity index (χ1v) is 8.24. The van der Waals surface area contributed by atoms with Gasteiger partial charge in [0.15, 0.2) is 0 Å². The SMILES string of the molecule is C/C(=C\NC(=O)c1ccccc1)S(=O)(=O)c1ccc(C)cc1. The molecule has 0 aliphatic heterocycles. The Hall–Kier alpha value is -2.40. The van der Waals surface area contributed by atoms with Gasteiger partial charge < -0.3 is 5.32 Å². The second-order valence-electron chi connectivity index (χ2n) is 4.91. The average molecular weight is 315 g/mol. The van der Waals surface area contributed by atoms with Gasteiger partial charge in [0.05, 0.1) is 9.80 Å². The number of amides is 1. The first-order chi connectivity index (χ1) is 10.4. The van der Waals surface area contributed by atoms with Gasteiger partial charge in [-0.15, -0.1) is 0 Å². The highest BCUT2D eigenvalue weighted by atomic mass is 32.2. The zero-order valence-electron chi connectivity index (χ0n) is 12.4. The number of benzene rings is 2. The maximum absolute atomic E-state index is 12.4. The summed E-state index contributed by atoms with van der Waals surface area (Å²) in [5, 5.41) is 2.51. The number of aryl methyl sites for hydroxylation is 1. The minimum atomic E-state index is -3.59. The van der Waals surface area contributed by atoms with E-state index in [2.05, 4.69) is 5.32 Å². The Bertz CT molecular complexity index is 792. The van der Waals surface area contributed by atoms with Crippen molar-refractivity contribution in [2.75, 3.05) is 0 Å². The van der Waals surface area contributed by atoms with Crippen LogP contribution in [-0.2, 0) is 9.84 Å². The standard InChI is InChI=1S/C17H17NO3S/c1-13-8-10-16(11-9-13)22(20,21)14(2)12-18-17(19)15-6-4-3-5-7-15/h3-12H,1-2H3,(H,18,19)/b14-12+. The fourth-order valence-electron chi connectivity index (χ4n) is 1.82. The summed E-state index contributed by atoms with van der Waals surface area (Å²) in [4.78, 5) is 12.2. The molecule has 0 atom stereocenters. The fraction of sp³-hybridized carbons (Fsp3) is 0.118. The molecular formula is C17H17NO3S. The summed E-state index contributed by atoms with van der Waals surface area (Å²) < 4.78 is 24.7. The Morgan fingerprint density at radius 3 is 2.18 bits per heavy atom. The third-order valence-corrected chi connectivity index (χ3v) is 5.06. The van der Waals surface area contributed by atoms with E-state index in [0.29, 0.717) is 5.56 Å². The third kappa shape index (κ3) is 3.62. The molecule has 114 valence electrons. The molecule has 0 fully saturated rings. The molecular weight excluding hydrogens is 298 g/mol. The summed E-state index contributed by atoms with van der Waals surface area (Å²) in [5.74, 6) is -0.348. The van der Waals surface area contributed by atoms with Crippen LogP contribution in [0.2, 0.25) is 0 Å². The first-order valence-electron chi connectivity index (χ1n) is 6.76. The molecule has 5 heteroatoms. The van der Waals surface area contributed by atoms with Crippen molar-refractivity contribution in [3.8, 4) is 0 Å². The van der Waals surface area contributed by atoms with Crippen LogP contribution in [-0.4, -0.2) is 14.3 Å². The van der Waals surface area contributed by atoms with Crippen LogP contribution in [0.25, 0.3) is 0 Å². The maximum Gasteiger partial charge on any atom is 0.255 e. The number of carbonyl (C=O) groups excluding carboxylic acids is 1. The second-order valence-corrected chi connectivity index (χ2v) is 7.03. The molecule has 4 nitrogen and oxygen atoms in total. The normalized spacial score (nSPS) is 12.0. The molecule has 0 bridgehead atoms. The van der Waals surface area contributed by atoms with E-state index in [-0.39, 0.29) is 15.7 Å². The van der Waals surface area contributed by atoms with Crippen LogP contribution < -0.4 is 5.32 Å². The van der Waals surface area contributed by atoms with E-state index in [9.17, 15) is 13.2 Å². The zero-order valence-corrected chi connectivity index (χ0v) is 13.2. The highest BCUT2D eigenvalue weighted by molar-refractivity contribution is 7.95. The van der Waals surface area contributed by atoms with Gasteiger partial charge in [0.1, 0.15) is 0 Å². The van der Waals surface area contributed by atoms with Gasteiger partial charge in [-0.25, -0.2) is 8.42 Å². The molecule has 2 aromatic carbocycles. The Kier molecular flexibility index (Phi) is 4.78. The number of hydrogen-bond acceptors (Lipinski definition) is 3. The molecule has 0 spiro atoms. The molecule has 0 aromatic heterocycles. The summed E-state index contributed by atoms with van der Waals surface area (Å²) >= 11 is 0. The van der Waals surface area contributed by atoms with Crippen LogP contribution >= 0.6 is 0 Å². The van der Waals surface area contributed by atoms with Gasteiger partial charge in [-0.3, -0.25) is 4.79 Å². The van der Waals surface area contributed by atoms with Crippen molar-refractivity contribution in [3.63, 3.8) is 0 Å². The van der Waals surface area contributed by atoms with Crippen LogP contribution in [0.5, 0.6) is 0 Å². The zero-order chi connectivity index (χ0) is 16.2. The largest absolute Gasteiger partial charge is 0.328 e. The quantitative estimate of drug-likeness (QED) is 0.943. The fourth-order valence-corrected chi connectivity index (χ4v) is 2.90. The number of allylic oxidation sites excluding steroid dienone is 1. The average Bonchev–Trinajstić information content (AvgIpc) is 2.53. The summed E-state index contributed by atoms with van der Waals surface area (Å²) in [5.41, 5.74) is 1.46. The number of carbonyl (C=O) groups is 1. The first kappa shape index (κ1) is 16.0. The monoisotopic (exact) mass is 315 g/mol. The Morgan fingerprint density at radius 1 is 1.00 bits per heavy atom. The highest BCUT2D eigenvalue weighted by Crippen LogP contribution is 2.18. The lowest BCUT2D eigenvalue weighted by Gasteiger charge is -2.06. The number of nitrogens with one attached hydrogen (secondary N) is 1. The van der Waals surface area contributed by atoms with E-state index < -0.39 is 9.84 Å². The Labute approximate surface area is 130 Å². The van der Waals surface area contributed by atoms with Gasteiger partial charge in [-0.2, -0.15) is 0 Å². The molecule has 2 rings (SSSR count). The number of rotatable bonds is 4. The van der Waals surface area contributed by atoms with Crippen LogP contribution in [0, 0.1) is 6.92 Å². The van der Waals surface area contributed by atoms with Gasteiger partial charge in [-0.1, -0.05) is 35.9 Å². The molecule has 0 unspecified atom stereocenters. The minimum Gasteiger partial charge on any atom is -0.328 e. The molecule has 22 heavy (non-hydrogen) atoms. The third-order valence-electron chi connectivity index (χ3n) is 3.20. The molecule has 0 radical (unpaired) electrons. The van der Waals surface area contributed by atoms with Gasteiger partial charge in [0.2, 0.25) is 9.84 Å². The van der Waals surface area contributed by atoms with E-state index in [1.165, 1.54) is 13.1 Å². The van der Waals surface area contributed by atoms with Crippen LogP contribution in [0.3, 0.4) is 0 Å². The molecule has 1 amide bonds. The maximum atomic E-state index is 12.4. The molecule has 0 saturated carbocycles. The smallest absolute Gasteiger partial charge is 0.255 e. The summed E-state index contributed by atoms with van der Waals surface area (Å²) in [6.45, 7) is 3.35. The summed E-state index contributed by atoms with van der Waals surface area (Å²) in [6.07, 6.45) is 1.23. The lowest BCUT2D eigenvalue weighted by Crippen LogP contribution is -2.18. The predicted octanol–water partition coefficient (Wildman–Crippen LogP) is 3.06. The number of sulfone groups is 1. The second kappa shape index (κ2) is 6.58. The van der Waals surface area contributed by atoms with Crippen molar-refractivity contribution in [2.24, 2.45) is 0 Å². The van der Waals surface area contributed by atoms with Crippen LogP contribution in [0.1, 0.15) is 22.8 Å². The summed E-state index contributed by atoms with van der Waals surface area (Å²) in [7, 11) is -3.59. The van der Waals surface area contributed by atoms with Crippen molar-refractivity contribution in [1.29, 1.82) is 0 Å². The van der Waals surface area contributed by atoms with Gasteiger partial charge in [-0.05, 0) is 38.1 Å². The Balaban J connectivity index is 2.18. The van der Waals surface area contributed by atoms with Gasteiger partial charge >= 0.3 is 0 Å². The van der Waals surface area contributed by atoms with E-state index in [4.69, 9.17) is 0 Å². The molecule has 0 aliphatic rings. The van der Waals surface area contributed by atoms with E-state index in [1.807, 2.05) is 6.92 Å². The van der Waals surface area contributed by atoms with Crippen molar-refractivity contribution in [1.82, 2.24) is 5.32 Å². The molecule has 0 saturated heterocycles. The molecule has 0 aliphatic carbocycles. The molecule has 1 N–H and O–H groups in total. The number of hydrogen-bond donors (Lipinski definition) is 1. The molecule has 0 heterocycles.